The number of alkyl halides is 3. The average molecular weight is 414 g/mol. The third-order valence-corrected chi connectivity index (χ3v) is 4.94. The Morgan fingerprint density at radius 1 is 1.23 bits per heavy atom. The maximum Gasteiger partial charge on any atom is 0.416 e. The molecule has 1 saturated carbocycles. The molecule has 2 aliphatic heterocycles. The van der Waals surface area contributed by atoms with Gasteiger partial charge in [0.25, 0.3) is 0 Å². The van der Waals surface area contributed by atoms with Gasteiger partial charge in [-0.05, 0) is 31.0 Å². The topological polar surface area (TPSA) is 80.6 Å². The first kappa shape index (κ1) is 18.6. The normalized spacial score (nSPS) is 20.7. The number of fused-ring (bicyclic) bond motifs is 1. The van der Waals surface area contributed by atoms with Crippen molar-refractivity contribution in [1.29, 1.82) is 0 Å². The summed E-state index contributed by atoms with van der Waals surface area (Å²) in [6.45, 7) is 0. The summed E-state index contributed by atoms with van der Waals surface area (Å²) in [7, 11) is 0. The summed E-state index contributed by atoms with van der Waals surface area (Å²) < 4.78 is 39.8. The van der Waals surface area contributed by atoms with Gasteiger partial charge in [0.05, 0.1) is 28.9 Å². The number of hydrogen-bond donors (Lipinski definition) is 3. The van der Waals surface area contributed by atoms with Crippen LogP contribution in [0.3, 0.4) is 0 Å². The van der Waals surface area contributed by atoms with Crippen molar-refractivity contribution >= 4 is 17.3 Å². The van der Waals surface area contributed by atoms with E-state index in [1.54, 1.807) is 29.4 Å². The van der Waals surface area contributed by atoms with Crippen molar-refractivity contribution in [2.45, 2.75) is 25.1 Å². The SMILES string of the molecule is [O-][NH+]1C=CN2C(=C1)NC(c1cccc(C(F)(F)F)c1)=C2c1ccnc(NC2CC2)n1. The largest absolute Gasteiger partial charge is 0.624 e. The molecule has 10 heteroatoms. The Bertz CT molecular complexity index is 1090. The van der Waals surface area contributed by atoms with Gasteiger partial charge in [-0.1, -0.05) is 12.1 Å². The Kier molecular flexibility index (Phi) is 4.26. The Labute approximate surface area is 169 Å². The highest BCUT2D eigenvalue weighted by Crippen LogP contribution is 2.38. The fraction of sp³-hybridized carbons (Fsp3) is 0.200. The second-order valence-corrected chi connectivity index (χ2v) is 7.23. The van der Waals surface area contributed by atoms with Crippen molar-refractivity contribution in [1.82, 2.24) is 20.2 Å². The predicted molar refractivity (Wildman–Crippen MR) is 103 cm³/mol. The van der Waals surface area contributed by atoms with Crippen molar-refractivity contribution in [2.24, 2.45) is 0 Å². The van der Waals surface area contributed by atoms with Crippen LogP contribution in [0.2, 0.25) is 0 Å². The van der Waals surface area contributed by atoms with Gasteiger partial charge in [0.2, 0.25) is 5.95 Å². The van der Waals surface area contributed by atoms with Gasteiger partial charge in [-0.3, -0.25) is 4.90 Å². The predicted octanol–water partition coefficient (Wildman–Crippen LogP) is 2.47. The van der Waals surface area contributed by atoms with E-state index in [1.807, 2.05) is 0 Å². The highest BCUT2D eigenvalue weighted by Gasteiger charge is 2.34. The number of nitrogens with zero attached hydrogens (tertiary/aromatic N) is 3. The van der Waals surface area contributed by atoms with Crippen LogP contribution >= 0.6 is 0 Å². The standard InChI is InChI=1S/C20H17F3N6O/c21-20(22,23)13-3-1-2-12(10-13)17-18(29-9-8-28(30)11-16(29)27-17)15-6-7-24-19(26-15)25-14-4-5-14/h1-3,6-11,14,27-28H,4-5H2,(H,24,25,26). The van der Waals surface area contributed by atoms with Crippen molar-refractivity contribution in [3.05, 3.63) is 83.0 Å². The van der Waals surface area contributed by atoms with E-state index in [-0.39, 0.29) is 5.06 Å². The molecular formula is C20H17F3N6O. The number of halogens is 3. The van der Waals surface area contributed by atoms with E-state index in [0.717, 1.165) is 25.0 Å². The lowest BCUT2D eigenvalue weighted by molar-refractivity contribution is -0.732. The summed E-state index contributed by atoms with van der Waals surface area (Å²) >= 11 is 0. The molecule has 0 saturated heterocycles. The minimum absolute atomic E-state index is 0.211. The minimum atomic E-state index is -4.46. The van der Waals surface area contributed by atoms with E-state index in [4.69, 9.17) is 0 Å². The van der Waals surface area contributed by atoms with Crippen LogP contribution < -0.4 is 15.7 Å². The molecule has 0 spiro atoms. The molecule has 0 amide bonds. The molecule has 7 nitrogen and oxygen atoms in total. The average Bonchev–Trinajstić information content (AvgIpc) is 3.44. The first-order valence-electron chi connectivity index (χ1n) is 9.40. The second-order valence-electron chi connectivity index (χ2n) is 7.23. The van der Waals surface area contributed by atoms with Crippen LogP contribution in [0.15, 0.2) is 60.9 Å². The molecule has 3 aliphatic rings. The first-order chi connectivity index (χ1) is 14.4. The summed E-state index contributed by atoms with van der Waals surface area (Å²) in [6, 6.07) is 7.09. The van der Waals surface area contributed by atoms with Crippen molar-refractivity contribution in [2.75, 3.05) is 5.32 Å². The van der Waals surface area contributed by atoms with Gasteiger partial charge in [-0.2, -0.15) is 13.2 Å². The smallest absolute Gasteiger partial charge is 0.416 e. The summed E-state index contributed by atoms with van der Waals surface area (Å²) in [5.41, 5.74) is 1.09. The fourth-order valence-electron chi connectivity index (χ4n) is 3.36. The molecule has 0 radical (unpaired) electrons. The summed E-state index contributed by atoms with van der Waals surface area (Å²) in [5, 5.41) is 17.9. The lowest BCUT2D eigenvalue weighted by atomic mass is 10.1. The Balaban J connectivity index is 1.63. The van der Waals surface area contributed by atoms with Gasteiger partial charge in [0, 0.05) is 17.8 Å². The van der Waals surface area contributed by atoms with Crippen molar-refractivity contribution in [3.8, 4) is 0 Å². The highest BCUT2D eigenvalue weighted by molar-refractivity contribution is 5.92. The third kappa shape index (κ3) is 3.51. The molecule has 1 aromatic carbocycles. The molecule has 30 heavy (non-hydrogen) atoms. The van der Waals surface area contributed by atoms with E-state index in [0.29, 0.717) is 40.5 Å². The van der Waals surface area contributed by atoms with E-state index < -0.39 is 11.7 Å². The van der Waals surface area contributed by atoms with Crippen LogP contribution in [-0.4, -0.2) is 20.9 Å². The zero-order valence-corrected chi connectivity index (χ0v) is 15.6. The van der Waals surface area contributed by atoms with Gasteiger partial charge in [-0.25, -0.2) is 9.97 Å². The van der Waals surface area contributed by atoms with Crippen LogP contribution in [0.5, 0.6) is 0 Å². The second kappa shape index (κ2) is 6.85. The lowest BCUT2D eigenvalue weighted by Gasteiger charge is -2.24. The quantitative estimate of drug-likeness (QED) is 0.667. The van der Waals surface area contributed by atoms with E-state index >= 15 is 0 Å². The monoisotopic (exact) mass is 414 g/mol. The molecule has 2 aromatic rings. The molecule has 1 aliphatic carbocycles. The molecule has 1 atom stereocenters. The number of rotatable bonds is 4. The number of hydroxylamine groups is 2. The van der Waals surface area contributed by atoms with Gasteiger partial charge >= 0.3 is 6.18 Å². The molecule has 3 heterocycles. The van der Waals surface area contributed by atoms with Gasteiger partial charge in [-0.15, -0.1) is 0 Å². The first-order valence-corrected chi connectivity index (χ1v) is 9.40. The number of hydrogen-bond acceptors (Lipinski definition) is 6. The molecular weight excluding hydrogens is 397 g/mol. The molecule has 1 unspecified atom stereocenters. The highest BCUT2D eigenvalue weighted by atomic mass is 19.4. The van der Waals surface area contributed by atoms with E-state index in [9.17, 15) is 18.4 Å². The molecule has 154 valence electrons. The molecule has 1 aromatic heterocycles. The van der Waals surface area contributed by atoms with Crippen LogP contribution in [0.1, 0.15) is 29.7 Å². The van der Waals surface area contributed by atoms with Crippen molar-refractivity contribution in [3.63, 3.8) is 0 Å². The van der Waals surface area contributed by atoms with Crippen LogP contribution in [0.4, 0.5) is 19.1 Å². The zero-order valence-electron chi connectivity index (χ0n) is 15.6. The summed E-state index contributed by atoms with van der Waals surface area (Å²) in [5.74, 6) is 0.917. The van der Waals surface area contributed by atoms with Gasteiger partial charge in [0.15, 0.2) is 5.82 Å². The Morgan fingerprint density at radius 2 is 2.07 bits per heavy atom. The van der Waals surface area contributed by atoms with Gasteiger partial charge in [0.1, 0.15) is 12.4 Å². The maximum atomic E-state index is 13.3. The molecule has 1 fully saturated rings. The van der Waals surface area contributed by atoms with Crippen LogP contribution in [-0.2, 0) is 6.18 Å². The number of nitrogens with one attached hydrogen (secondary N) is 3. The lowest BCUT2D eigenvalue weighted by Crippen LogP contribution is -2.98. The van der Waals surface area contributed by atoms with Crippen LogP contribution in [0.25, 0.3) is 11.4 Å². The third-order valence-electron chi connectivity index (χ3n) is 4.94. The van der Waals surface area contributed by atoms with Crippen molar-refractivity contribution < 1.29 is 18.2 Å². The summed E-state index contributed by atoms with van der Waals surface area (Å²) in [6.07, 6.45) is 3.61. The number of benzene rings is 1. The fourth-order valence-corrected chi connectivity index (χ4v) is 3.36. The Hall–Kier alpha value is -3.37. The van der Waals surface area contributed by atoms with Crippen LogP contribution in [0, 0.1) is 5.21 Å². The molecule has 0 bridgehead atoms. The molecule has 5 rings (SSSR count). The maximum absolute atomic E-state index is 13.3. The minimum Gasteiger partial charge on any atom is -0.624 e. The van der Waals surface area contributed by atoms with E-state index in [2.05, 4.69) is 20.6 Å². The Morgan fingerprint density at radius 3 is 2.83 bits per heavy atom. The molecule has 3 N–H and O–H groups in total. The zero-order chi connectivity index (χ0) is 20.9. The van der Waals surface area contributed by atoms with E-state index in [1.165, 1.54) is 18.5 Å². The number of quaternary nitrogens is 1. The number of aromatic nitrogens is 2. The number of anilines is 1. The van der Waals surface area contributed by atoms with Gasteiger partial charge < -0.3 is 20.9 Å². The summed E-state index contributed by atoms with van der Waals surface area (Å²) in [4.78, 5) is 10.5.